The molecule has 2 heterocycles. The molecule has 6 nitrogen and oxygen atoms in total. The third-order valence-corrected chi connectivity index (χ3v) is 6.39. The van der Waals surface area contributed by atoms with E-state index in [1.165, 1.54) is 0 Å². The first-order valence-corrected chi connectivity index (χ1v) is 10.5. The van der Waals surface area contributed by atoms with Crippen LogP contribution in [0, 0.1) is 6.92 Å². The molecule has 0 saturated carbocycles. The van der Waals surface area contributed by atoms with Gasteiger partial charge in [-0.2, -0.15) is 0 Å². The van der Waals surface area contributed by atoms with Crippen LogP contribution < -0.4 is 14.4 Å². The second kappa shape index (κ2) is 8.29. The van der Waals surface area contributed by atoms with Crippen molar-refractivity contribution in [2.45, 2.75) is 13.3 Å². The molecule has 0 spiro atoms. The highest BCUT2D eigenvalue weighted by Gasteiger charge is 2.23. The maximum atomic E-state index is 12.7. The maximum Gasteiger partial charge on any atom is 0.227 e. The van der Waals surface area contributed by atoms with Gasteiger partial charge in [-0.3, -0.25) is 4.79 Å². The third-order valence-electron chi connectivity index (χ3n) is 5.31. The molecule has 7 heteroatoms. The first kappa shape index (κ1) is 19.5. The number of carbonyl (C=O) groups excluding carboxylic acids is 1. The van der Waals surface area contributed by atoms with E-state index in [2.05, 4.69) is 11.0 Å². The molecule has 3 aromatic rings. The lowest BCUT2D eigenvalue weighted by Gasteiger charge is -2.34. The first-order valence-electron chi connectivity index (χ1n) is 9.69. The second-order valence-electron chi connectivity index (χ2n) is 7.15. The number of aryl methyl sites for hydroxylation is 1. The number of amides is 1. The van der Waals surface area contributed by atoms with Crippen molar-refractivity contribution < 1.29 is 14.3 Å². The zero-order chi connectivity index (χ0) is 20.4. The fourth-order valence-corrected chi connectivity index (χ4v) is 4.73. The summed E-state index contributed by atoms with van der Waals surface area (Å²) in [6, 6.07) is 11.9. The van der Waals surface area contributed by atoms with E-state index in [0.29, 0.717) is 19.5 Å². The Bertz CT molecular complexity index is 1030. The van der Waals surface area contributed by atoms with E-state index in [1.54, 1.807) is 25.6 Å². The summed E-state index contributed by atoms with van der Waals surface area (Å²) in [5, 5.41) is 0.988. The summed E-state index contributed by atoms with van der Waals surface area (Å²) in [6.45, 7) is 4.99. The summed E-state index contributed by atoms with van der Waals surface area (Å²) in [4.78, 5) is 21.7. The van der Waals surface area contributed by atoms with Gasteiger partial charge in [-0.05, 0) is 36.2 Å². The quantitative estimate of drug-likeness (QED) is 0.643. The Labute approximate surface area is 174 Å². The zero-order valence-corrected chi connectivity index (χ0v) is 17.8. The van der Waals surface area contributed by atoms with E-state index in [1.807, 2.05) is 42.2 Å². The molecule has 0 aliphatic carbocycles. The van der Waals surface area contributed by atoms with Gasteiger partial charge in [0.25, 0.3) is 0 Å². The molecule has 29 heavy (non-hydrogen) atoms. The van der Waals surface area contributed by atoms with Gasteiger partial charge in [-0.15, -0.1) is 0 Å². The van der Waals surface area contributed by atoms with Crippen molar-refractivity contribution in [3.05, 3.63) is 47.5 Å². The molecular weight excluding hydrogens is 386 g/mol. The number of rotatable bonds is 5. The van der Waals surface area contributed by atoms with Crippen LogP contribution >= 0.6 is 11.3 Å². The predicted molar refractivity (Wildman–Crippen MR) is 116 cm³/mol. The van der Waals surface area contributed by atoms with Crippen LogP contribution in [0.25, 0.3) is 10.2 Å². The second-order valence-corrected chi connectivity index (χ2v) is 8.16. The number of ether oxygens (including phenoxy) is 2. The number of para-hydroxylation sites is 1. The van der Waals surface area contributed by atoms with E-state index in [9.17, 15) is 4.79 Å². The van der Waals surface area contributed by atoms with Gasteiger partial charge in [0.15, 0.2) is 5.13 Å². The summed E-state index contributed by atoms with van der Waals surface area (Å²) in [7, 11) is 3.33. The number of methoxy groups -OCH3 is 2. The van der Waals surface area contributed by atoms with Crippen molar-refractivity contribution in [3.63, 3.8) is 0 Å². The number of carbonyl (C=O) groups is 1. The largest absolute Gasteiger partial charge is 0.496 e. The van der Waals surface area contributed by atoms with Crippen molar-refractivity contribution in [1.82, 2.24) is 9.88 Å². The number of fused-ring (bicyclic) bond motifs is 1. The number of benzene rings is 2. The molecule has 0 N–H and O–H groups in total. The average molecular weight is 412 g/mol. The molecular formula is C22H25N3O3S. The molecule has 4 rings (SSSR count). The fraction of sp³-hybridized carbons (Fsp3) is 0.364. The molecule has 1 aliphatic heterocycles. The van der Waals surface area contributed by atoms with Gasteiger partial charge in [-0.25, -0.2) is 4.98 Å². The SMILES string of the molecule is COc1ccc(CC(=O)N2CCN(c3nc4c(OC)cccc4s3)CC2)cc1C. The first-order chi connectivity index (χ1) is 14.1. The number of hydrogen-bond acceptors (Lipinski definition) is 6. The van der Waals surface area contributed by atoms with Gasteiger partial charge < -0.3 is 19.3 Å². The van der Waals surface area contributed by atoms with Crippen molar-refractivity contribution in [2.24, 2.45) is 0 Å². The minimum Gasteiger partial charge on any atom is -0.496 e. The Morgan fingerprint density at radius 1 is 1.07 bits per heavy atom. The highest BCUT2D eigenvalue weighted by Crippen LogP contribution is 2.34. The minimum absolute atomic E-state index is 0.167. The lowest BCUT2D eigenvalue weighted by Crippen LogP contribution is -2.49. The van der Waals surface area contributed by atoms with Crippen LogP contribution in [-0.4, -0.2) is 56.2 Å². The van der Waals surface area contributed by atoms with Gasteiger partial charge in [0, 0.05) is 26.2 Å². The summed E-state index contributed by atoms with van der Waals surface area (Å²) >= 11 is 1.67. The molecule has 1 fully saturated rings. The van der Waals surface area contributed by atoms with E-state index >= 15 is 0 Å². The molecule has 0 atom stereocenters. The van der Waals surface area contributed by atoms with Crippen molar-refractivity contribution >= 4 is 32.6 Å². The molecule has 152 valence electrons. The van der Waals surface area contributed by atoms with E-state index in [-0.39, 0.29) is 5.91 Å². The number of anilines is 1. The maximum absolute atomic E-state index is 12.7. The topological polar surface area (TPSA) is 54.9 Å². The molecule has 1 saturated heterocycles. The van der Waals surface area contributed by atoms with Crippen LogP contribution in [-0.2, 0) is 11.2 Å². The van der Waals surface area contributed by atoms with E-state index in [0.717, 1.165) is 51.1 Å². The van der Waals surface area contributed by atoms with Crippen LogP contribution in [0.4, 0.5) is 5.13 Å². The van der Waals surface area contributed by atoms with E-state index in [4.69, 9.17) is 14.5 Å². The van der Waals surface area contributed by atoms with Gasteiger partial charge in [0.1, 0.15) is 17.0 Å². The average Bonchev–Trinajstić information content (AvgIpc) is 3.18. The van der Waals surface area contributed by atoms with Crippen LogP contribution in [0.1, 0.15) is 11.1 Å². The lowest BCUT2D eigenvalue weighted by atomic mass is 10.1. The van der Waals surface area contributed by atoms with Crippen LogP contribution in [0.3, 0.4) is 0 Å². The van der Waals surface area contributed by atoms with E-state index < -0.39 is 0 Å². The summed E-state index contributed by atoms with van der Waals surface area (Å²) in [5.41, 5.74) is 2.98. The predicted octanol–water partition coefficient (Wildman–Crippen LogP) is 3.51. The zero-order valence-electron chi connectivity index (χ0n) is 17.0. The number of piperazine rings is 1. The summed E-state index contributed by atoms with van der Waals surface area (Å²) < 4.78 is 11.8. The van der Waals surface area contributed by atoms with Gasteiger partial charge >= 0.3 is 0 Å². The smallest absolute Gasteiger partial charge is 0.227 e. The fourth-order valence-electron chi connectivity index (χ4n) is 3.70. The molecule has 0 radical (unpaired) electrons. The minimum atomic E-state index is 0.167. The number of hydrogen-bond donors (Lipinski definition) is 0. The number of aromatic nitrogens is 1. The van der Waals surface area contributed by atoms with Crippen molar-refractivity contribution in [2.75, 3.05) is 45.3 Å². The third kappa shape index (κ3) is 4.00. The molecule has 0 unspecified atom stereocenters. The highest BCUT2D eigenvalue weighted by molar-refractivity contribution is 7.22. The number of thiazole rings is 1. The Hall–Kier alpha value is -2.80. The summed E-state index contributed by atoms with van der Waals surface area (Å²) in [5.74, 6) is 1.82. The van der Waals surface area contributed by atoms with Crippen molar-refractivity contribution in [3.8, 4) is 11.5 Å². The Balaban J connectivity index is 1.39. The van der Waals surface area contributed by atoms with Gasteiger partial charge in [0.05, 0.1) is 25.3 Å². The van der Waals surface area contributed by atoms with Crippen LogP contribution in [0.15, 0.2) is 36.4 Å². The van der Waals surface area contributed by atoms with Gasteiger partial charge in [-0.1, -0.05) is 29.5 Å². The molecule has 2 aromatic carbocycles. The number of nitrogens with zero attached hydrogens (tertiary/aromatic N) is 3. The monoisotopic (exact) mass is 411 g/mol. The molecule has 1 amide bonds. The lowest BCUT2D eigenvalue weighted by molar-refractivity contribution is -0.130. The standard InChI is InChI=1S/C22H25N3O3S/c1-15-13-16(7-8-17(15)27-2)14-20(26)24-9-11-25(12-10-24)22-23-21-18(28-3)5-4-6-19(21)29-22/h4-8,13H,9-12,14H2,1-3H3. The molecule has 1 aliphatic rings. The van der Waals surface area contributed by atoms with Gasteiger partial charge in [0.2, 0.25) is 5.91 Å². The summed E-state index contributed by atoms with van der Waals surface area (Å²) in [6.07, 6.45) is 0.420. The van der Waals surface area contributed by atoms with Crippen LogP contribution in [0.2, 0.25) is 0 Å². The van der Waals surface area contributed by atoms with Crippen LogP contribution in [0.5, 0.6) is 11.5 Å². The Kier molecular flexibility index (Phi) is 5.58. The molecule has 1 aromatic heterocycles. The Morgan fingerprint density at radius 2 is 1.83 bits per heavy atom. The molecule has 0 bridgehead atoms. The normalized spacial score (nSPS) is 14.3. The van der Waals surface area contributed by atoms with Crippen molar-refractivity contribution in [1.29, 1.82) is 0 Å². The Morgan fingerprint density at radius 3 is 2.52 bits per heavy atom. The highest BCUT2D eigenvalue weighted by atomic mass is 32.1.